The van der Waals surface area contributed by atoms with E-state index in [4.69, 9.17) is 0 Å². The van der Waals surface area contributed by atoms with Crippen LogP contribution in [0.4, 0.5) is 5.95 Å². The van der Waals surface area contributed by atoms with Crippen molar-refractivity contribution in [1.82, 2.24) is 24.8 Å². The number of carbonyl (C=O) groups excluding carboxylic acids is 1. The summed E-state index contributed by atoms with van der Waals surface area (Å²) in [7, 11) is 0. The van der Waals surface area contributed by atoms with Crippen LogP contribution in [0.15, 0.2) is 42.9 Å². The lowest BCUT2D eigenvalue weighted by atomic mass is 9.98. The lowest BCUT2D eigenvalue weighted by Crippen LogP contribution is -2.51. The lowest BCUT2D eigenvalue weighted by Gasteiger charge is -2.38. The molecule has 2 fully saturated rings. The van der Waals surface area contributed by atoms with Crippen LogP contribution in [0.5, 0.6) is 0 Å². The number of anilines is 1. The van der Waals surface area contributed by atoms with E-state index >= 15 is 0 Å². The molecule has 0 saturated carbocycles. The van der Waals surface area contributed by atoms with E-state index in [0.29, 0.717) is 6.54 Å². The standard InChI is InChI=1S/C20H26N6O/c27-19(26-11-4-2-7-18(26)17-6-1-3-8-21-17)16-24-12-14-25(15-13-24)20-22-9-5-10-23-20/h1,3,5-6,8-10,18H,2,4,7,11-16H2/t18-/m0/s1. The monoisotopic (exact) mass is 366 g/mol. The zero-order valence-corrected chi connectivity index (χ0v) is 15.6. The number of hydrogen-bond acceptors (Lipinski definition) is 6. The van der Waals surface area contributed by atoms with Gasteiger partial charge in [-0.05, 0) is 37.5 Å². The molecule has 0 N–H and O–H groups in total. The van der Waals surface area contributed by atoms with Gasteiger partial charge in [0, 0.05) is 51.3 Å². The fourth-order valence-electron chi connectivity index (χ4n) is 3.95. The first-order valence-electron chi connectivity index (χ1n) is 9.76. The van der Waals surface area contributed by atoms with Crippen LogP contribution in [0.1, 0.15) is 31.0 Å². The van der Waals surface area contributed by atoms with Gasteiger partial charge in [-0.2, -0.15) is 0 Å². The van der Waals surface area contributed by atoms with Crippen LogP contribution in [0.2, 0.25) is 0 Å². The Morgan fingerprint density at radius 2 is 1.70 bits per heavy atom. The van der Waals surface area contributed by atoms with Gasteiger partial charge >= 0.3 is 0 Å². The van der Waals surface area contributed by atoms with E-state index in [1.807, 2.05) is 35.4 Å². The highest BCUT2D eigenvalue weighted by Gasteiger charge is 2.30. The molecule has 7 nitrogen and oxygen atoms in total. The Balaban J connectivity index is 1.34. The third kappa shape index (κ3) is 4.24. The van der Waals surface area contributed by atoms with Gasteiger partial charge in [-0.15, -0.1) is 0 Å². The Kier molecular flexibility index (Phi) is 5.58. The van der Waals surface area contributed by atoms with Crippen molar-refractivity contribution in [2.75, 3.05) is 44.2 Å². The quantitative estimate of drug-likeness (QED) is 0.821. The highest BCUT2D eigenvalue weighted by Crippen LogP contribution is 2.29. The Bertz CT molecular complexity index is 733. The minimum absolute atomic E-state index is 0.117. The lowest BCUT2D eigenvalue weighted by molar-refractivity contribution is -0.136. The molecule has 27 heavy (non-hydrogen) atoms. The van der Waals surface area contributed by atoms with Crippen LogP contribution in [-0.4, -0.2) is 69.9 Å². The highest BCUT2D eigenvalue weighted by molar-refractivity contribution is 5.79. The zero-order chi connectivity index (χ0) is 18.5. The average Bonchev–Trinajstić information content (AvgIpc) is 2.75. The fourth-order valence-corrected chi connectivity index (χ4v) is 3.95. The van der Waals surface area contributed by atoms with Gasteiger partial charge in [0.05, 0.1) is 18.3 Å². The SMILES string of the molecule is O=C(CN1CCN(c2ncccn2)CC1)N1CCCC[C@H]1c1ccccn1. The van der Waals surface area contributed by atoms with Gasteiger partial charge in [-0.1, -0.05) is 6.07 Å². The summed E-state index contributed by atoms with van der Waals surface area (Å²) in [5.41, 5.74) is 1.01. The van der Waals surface area contributed by atoms with Gasteiger partial charge in [0.1, 0.15) is 0 Å². The normalized spacial score (nSPS) is 21.3. The summed E-state index contributed by atoms with van der Waals surface area (Å²) in [6.45, 7) is 4.71. The first kappa shape index (κ1) is 17.9. The van der Waals surface area contributed by atoms with Crippen molar-refractivity contribution in [2.45, 2.75) is 25.3 Å². The predicted molar refractivity (Wildman–Crippen MR) is 103 cm³/mol. The van der Waals surface area contributed by atoms with Crippen molar-refractivity contribution in [3.05, 3.63) is 48.5 Å². The van der Waals surface area contributed by atoms with Crippen molar-refractivity contribution in [3.63, 3.8) is 0 Å². The van der Waals surface area contributed by atoms with E-state index < -0.39 is 0 Å². The number of amides is 1. The van der Waals surface area contributed by atoms with Crippen LogP contribution in [-0.2, 0) is 4.79 Å². The Morgan fingerprint density at radius 1 is 0.926 bits per heavy atom. The minimum atomic E-state index is 0.117. The number of carbonyl (C=O) groups is 1. The van der Waals surface area contributed by atoms with E-state index in [2.05, 4.69) is 24.8 Å². The molecular weight excluding hydrogens is 340 g/mol. The molecular formula is C20H26N6O. The Labute approximate surface area is 160 Å². The first-order chi connectivity index (χ1) is 13.3. The number of hydrogen-bond donors (Lipinski definition) is 0. The van der Waals surface area contributed by atoms with E-state index in [-0.39, 0.29) is 11.9 Å². The number of aromatic nitrogens is 3. The topological polar surface area (TPSA) is 65.5 Å². The van der Waals surface area contributed by atoms with Crippen molar-refractivity contribution >= 4 is 11.9 Å². The third-order valence-electron chi connectivity index (χ3n) is 5.42. The molecule has 0 radical (unpaired) electrons. The maximum atomic E-state index is 13.0. The third-order valence-corrected chi connectivity index (χ3v) is 5.42. The molecule has 2 aromatic heterocycles. The Hall–Kier alpha value is -2.54. The van der Waals surface area contributed by atoms with Crippen LogP contribution in [0, 0.1) is 0 Å². The van der Waals surface area contributed by atoms with Crippen molar-refractivity contribution in [1.29, 1.82) is 0 Å². The molecule has 2 aliphatic heterocycles. The second kappa shape index (κ2) is 8.43. The summed E-state index contributed by atoms with van der Waals surface area (Å²) < 4.78 is 0. The molecule has 0 aromatic carbocycles. The van der Waals surface area contributed by atoms with Crippen LogP contribution in [0.3, 0.4) is 0 Å². The van der Waals surface area contributed by atoms with Crippen molar-refractivity contribution in [2.24, 2.45) is 0 Å². The molecule has 0 aliphatic carbocycles. The van der Waals surface area contributed by atoms with Gasteiger partial charge < -0.3 is 9.80 Å². The number of nitrogens with zero attached hydrogens (tertiary/aromatic N) is 6. The maximum absolute atomic E-state index is 13.0. The minimum Gasteiger partial charge on any atom is -0.338 e. The van der Waals surface area contributed by atoms with Crippen molar-refractivity contribution in [3.8, 4) is 0 Å². The van der Waals surface area contributed by atoms with Crippen molar-refractivity contribution < 1.29 is 4.79 Å². The summed E-state index contributed by atoms with van der Waals surface area (Å²) in [5.74, 6) is 0.990. The molecule has 1 atom stereocenters. The number of piperidine rings is 1. The van der Waals surface area contributed by atoms with Crippen LogP contribution < -0.4 is 4.90 Å². The van der Waals surface area contributed by atoms with E-state index in [1.54, 1.807) is 12.4 Å². The molecule has 4 heterocycles. The largest absolute Gasteiger partial charge is 0.338 e. The zero-order valence-electron chi connectivity index (χ0n) is 15.6. The number of pyridine rings is 1. The smallest absolute Gasteiger partial charge is 0.237 e. The molecule has 0 bridgehead atoms. The predicted octanol–water partition coefficient (Wildman–Crippen LogP) is 1.75. The van der Waals surface area contributed by atoms with Gasteiger partial charge in [0.2, 0.25) is 11.9 Å². The molecule has 0 spiro atoms. The van der Waals surface area contributed by atoms with E-state index in [9.17, 15) is 4.79 Å². The Morgan fingerprint density at radius 3 is 2.44 bits per heavy atom. The molecule has 4 rings (SSSR count). The van der Waals surface area contributed by atoms with Gasteiger partial charge in [0.25, 0.3) is 0 Å². The summed E-state index contributed by atoms with van der Waals surface area (Å²) >= 11 is 0. The average molecular weight is 366 g/mol. The molecule has 0 unspecified atom stereocenters. The van der Waals surface area contributed by atoms with Crippen LogP contribution >= 0.6 is 0 Å². The molecule has 1 amide bonds. The highest BCUT2D eigenvalue weighted by atomic mass is 16.2. The van der Waals surface area contributed by atoms with Crippen LogP contribution in [0.25, 0.3) is 0 Å². The second-order valence-electron chi connectivity index (χ2n) is 7.17. The number of rotatable bonds is 4. The molecule has 2 aromatic rings. The maximum Gasteiger partial charge on any atom is 0.237 e. The first-order valence-corrected chi connectivity index (χ1v) is 9.76. The molecule has 7 heteroatoms. The van der Waals surface area contributed by atoms with E-state index in [1.165, 1.54) is 0 Å². The second-order valence-corrected chi connectivity index (χ2v) is 7.17. The summed E-state index contributed by atoms with van der Waals surface area (Å²) in [6.07, 6.45) is 8.59. The van der Waals surface area contributed by atoms with Gasteiger partial charge in [-0.3, -0.25) is 14.7 Å². The van der Waals surface area contributed by atoms with Gasteiger partial charge in [-0.25, -0.2) is 9.97 Å². The summed E-state index contributed by atoms with van der Waals surface area (Å²) in [6, 6.07) is 7.91. The number of likely N-dealkylation sites (tertiary alicyclic amines) is 1. The van der Waals surface area contributed by atoms with E-state index in [0.717, 1.165) is 63.6 Å². The molecule has 2 saturated heterocycles. The van der Waals surface area contributed by atoms with Gasteiger partial charge in [0.15, 0.2) is 0 Å². The summed E-state index contributed by atoms with van der Waals surface area (Å²) in [4.78, 5) is 32.6. The summed E-state index contributed by atoms with van der Waals surface area (Å²) in [5, 5.41) is 0. The fraction of sp³-hybridized carbons (Fsp3) is 0.500. The number of piperazine rings is 1. The molecule has 2 aliphatic rings. The molecule has 142 valence electrons.